The van der Waals surface area contributed by atoms with Crippen molar-refractivity contribution in [3.05, 3.63) is 100 Å². The van der Waals surface area contributed by atoms with Crippen molar-refractivity contribution in [2.24, 2.45) is 14.1 Å². The van der Waals surface area contributed by atoms with Gasteiger partial charge in [0.15, 0.2) is 0 Å². The number of nitrogens with zero attached hydrogens (tertiary/aromatic N) is 4. The van der Waals surface area contributed by atoms with Gasteiger partial charge in [-0.15, -0.1) is 0 Å². The van der Waals surface area contributed by atoms with Crippen molar-refractivity contribution in [2.75, 3.05) is 25.3 Å². The number of methoxy groups -OCH3 is 2. The maximum Gasteiger partial charge on any atom is 0.417 e. The van der Waals surface area contributed by atoms with Gasteiger partial charge >= 0.3 is 18.0 Å². The molecule has 0 saturated heterocycles. The predicted octanol–water partition coefficient (Wildman–Crippen LogP) is 7.84. The third kappa shape index (κ3) is 8.50. The van der Waals surface area contributed by atoms with Gasteiger partial charge in [-0.1, -0.05) is 39.3 Å². The molecule has 0 atom stereocenters. The molecule has 1 amide bonds. The summed E-state index contributed by atoms with van der Waals surface area (Å²) >= 11 is 5.85. The van der Waals surface area contributed by atoms with Crippen molar-refractivity contribution >= 4 is 41.0 Å². The maximum absolute atomic E-state index is 12.4. The van der Waals surface area contributed by atoms with Gasteiger partial charge in [-0.2, -0.15) is 10.2 Å². The first-order chi connectivity index (χ1) is 23.7. The number of aryl methyl sites for hydroxylation is 2. The van der Waals surface area contributed by atoms with Gasteiger partial charge in [-0.3, -0.25) is 14.7 Å². The zero-order chi connectivity index (χ0) is 36.7. The standard InChI is InChI=1S/C22H22ClN3O4.C15H19N3O2/c1-13(2)16-12-19(25-22(28)30-15-7-5-14(23)6-8-15)18(21(27)29-4)11-17(16)20-9-10-24-26(20)3;1-9(2)10-8-13(16)12(15(19)20-4)7-11(10)14-5-6-17-18(14)3/h5-13H,1-4H3,(H,25,28);5-9H,16H2,1-4H3. The van der Waals surface area contributed by atoms with E-state index in [1.165, 1.54) is 14.2 Å². The summed E-state index contributed by atoms with van der Waals surface area (Å²) in [5, 5.41) is 11.6. The molecule has 3 aromatic carbocycles. The highest BCUT2D eigenvalue weighted by Gasteiger charge is 2.22. The molecule has 3 N–H and O–H groups in total. The highest BCUT2D eigenvalue weighted by molar-refractivity contribution is 6.30. The number of esters is 2. The lowest BCUT2D eigenvalue weighted by Crippen LogP contribution is -2.19. The molecule has 2 aromatic heterocycles. The van der Waals surface area contributed by atoms with Crippen LogP contribution in [0.1, 0.15) is 71.4 Å². The Morgan fingerprint density at radius 1 is 0.740 bits per heavy atom. The fourth-order valence-corrected chi connectivity index (χ4v) is 5.47. The lowest BCUT2D eigenvalue weighted by atomic mass is 9.92. The van der Waals surface area contributed by atoms with Crippen LogP contribution in [-0.4, -0.2) is 51.8 Å². The van der Waals surface area contributed by atoms with E-state index < -0.39 is 18.0 Å². The summed E-state index contributed by atoms with van der Waals surface area (Å²) in [6.07, 6.45) is 2.69. The van der Waals surface area contributed by atoms with Crippen LogP contribution in [0.2, 0.25) is 5.02 Å². The van der Waals surface area contributed by atoms with Gasteiger partial charge < -0.3 is 19.9 Å². The summed E-state index contributed by atoms with van der Waals surface area (Å²) in [4.78, 5) is 36.7. The molecule has 0 aliphatic rings. The first-order valence-corrected chi connectivity index (χ1v) is 16.1. The van der Waals surface area contributed by atoms with Crippen LogP contribution in [0.3, 0.4) is 0 Å². The Hall–Kier alpha value is -5.62. The molecule has 0 fully saturated rings. The quantitative estimate of drug-likeness (QED) is 0.122. The Labute approximate surface area is 296 Å². The number of amides is 1. The number of benzene rings is 3. The number of hydrogen-bond donors (Lipinski definition) is 2. The predicted molar refractivity (Wildman–Crippen MR) is 194 cm³/mol. The Balaban J connectivity index is 0.000000244. The maximum atomic E-state index is 12.4. The van der Waals surface area contributed by atoms with Crippen LogP contribution in [0.25, 0.3) is 22.5 Å². The zero-order valence-corrected chi connectivity index (χ0v) is 30.0. The van der Waals surface area contributed by atoms with Gasteiger partial charge in [0.1, 0.15) is 5.75 Å². The fraction of sp³-hybridized carbons (Fsp3) is 0.270. The number of nitrogen functional groups attached to an aromatic ring is 1. The summed E-state index contributed by atoms with van der Waals surface area (Å²) in [7, 11) is 6.33. The number of ether oxygens (including phenoxy) is 3. The third-order valence-corrected chi connectivity index (χ3v) is 8.17. The Bertz CT molecular complexity index is 2000. The van der Waals surface area contributed by atoms with E-state index in [1.807, 2.05) is 46.1 Å². The number of aromatic nitrogens is 4. The topological polar surface area (TPSA) is 153 Å². The molecule has 12 nitrogen and oxygen atoms in total. The first kappa shape index (κ1) is 37.2. The van der Waals surface area contributed by atoms with Gasteiger partial charge in [0, 0.05) is 48.3 Å². The van der Waals surface area contributed by atoms with Crippen LogP contribution < -0.4 is 15.8 Å². The minimum absolute atomic E-state index is 0.120. The van der Waals surface area contributed by atoms with Crippen LogP contribution >= 0.6 is 11.6 Å². The number of nitrogens with one attached hydrogen (secondary N) is 1. The Kier molecular flexibility index (Phi) is 12.0. The lowest BCUT2D eigenvalue weighted by Gasteiger charge is -2.18. The molecule has 13 heteroatoms. The number of nitrogens with two attached hydrogens (primary N) is 1. The van der Waals surface area contributed by atoms with Gasteiger partial charge in [0.05, 0.1) is 42.4 Å². The lowest BCUT2D eigenvalue weighted by molar-refractivity contribution is 0.0593. The van der Waals surface area contributed by atoms with E-state index in [9.17, 15) is 14.4 Å². The van der Waals surface area contributed by atoms with E-state index in [0.717, 1.165) is 33.6 Å². The number of carbonyl (C=O) groups excluding carboxylic acids is 3. The number of halogens is 1. The molecule has 0 spiro atoms. The minimum atomic E-state index is -0.731. The molecule has 2 heterocycles. The zero-order valence-electron chi connectivity index (χ0n) is 29.3. The second-order valence-electron chi connectivity index (χ2n) is 12.0. The van der Waals surface area contributed by atoms with Crippen molar-refractivity contribution in [2.45, 2.75) is 39.5 Å². The van der Waals surface area contributed by atoms with E-state index in [0.29, 0.717) is 27.7 Å². The summed E-state index contributed by atoms with van der Waals surface area (Å²) in [5.74, 6) is -0.271. The number of carbonyl (C=O) groups is 3. The van der Waals surface area contributed by atoms with Crippen LogP contribution in [0.4, 0.5) is 16.2 Å². The summed E-state index contributed by atoms with van der Waals surface area (Å²) < 4.78 is 18.5. The molecule has 0 aliphatic heterocycles. The molecule has 0 aliphatic carbocycles. The molecular formula is C37H41ClN6O6. The minimum Gasteiger partial charge on any atom is -0.465 e. The molecule has 0 bridgehead atoms. The van der Waals surface area contributed by atoms with Crippen molar-refractivity contribution in [3.8, 4) is 28.3 Å². The van der Waals surface area contributed by atoms with E-state index in [-0.39, 0.29) is 17.4 Å². The van der Waals surface area contributed by atoms with Crippen LogP contribution in [-0.2, 0) is 23.6 Å². The summed E-state index contributed by atoms with van der Waals surface area (Å²) in [5.41, 5.74) is 12.9. The van der Waals surface area contributed by atoms with Crippen LogP contribution in [0.5, 0.6) is 5.75 Å². The van der Waals surface area contributed by atoms with Gasteiger partial charge in [-0.05, 0) is 83.6 Å². The number of anilines is 2. The normalized spacial score (nSPS) is 10.8. The second-order valence-corrected chi connectivity index (χ2v) is 12.4. The fourth-order valence-electron chi connectivity index (χ4n) is 5.34. The van der Waals surface area contributed by atoms with Gasteiger partial charge in [0.25, 0.3) is 0 Å². The van der Waals surface area contributed by atoms with Crippen molar-refractivity contribution < 1.29 is 28.6 Å². The molecule has 262 valence electrons. The van der Waals surface area contributed by atoms with Crippen molar-refractivity contribution in [3.63, 3.8) is 0 Å². The molecule has 0 unspecified atom stereocenters. The van der Waals surface area contributed by atoms with Crippen LogP contribution in [0.15, 0.2) is 73.1 Å². The summed E-state index contributed by atoms with van der Waals surface area (Å²) in [6.45, 7) is 8.24. The summed E-state index contributed by atoms with van der Waals surface area (Å²) in [6, 6.07) is 17.3. The van der Waals surface area contributed by atoms with Crippen molar-refractivity contribution in [1.29, 1.82) is 0 Å². The molecule has 0 saturated carbocycles. The van der Waals surface area contributed by atoms with E-state index >= 15 is 0 Å². The molecule has 50 heavy (non-hydrogen) atoms. The average molecular weight is 701 g/mol. The highest BCUT2D eigenvalue weighted by atomic mass is 35.5. The SMILES string of the molecule is COC(=O)c1cc(-c2ccnn2C)c(C(C)C)cc1N.COC(=O)c1cc(-c2ccnn2C)c(C(C)C)cc1NC(=O)Oc1ccc(Cl)cc1. The molecular weight excluding hydrogens is 660 g/mol. The average Bonchev–Trinajstić information content (AvgIpc) is 3.72. The Morgan fingerprint density at radius 3 is 1.68 bits per heavy atom. The Morgan fingerprint density at radius 2 is 1.22 bits per heavy atom. The highest BCUT2D eigenvalue weighted by Crippen LogP contribution is 2.35. The smallest absolute Gasteiger partial charge is 0.417 e. The third-order valence-electron chi connectivity index (χ3n) is 7.92. The van der Waals surface area contributed by atoms with Crippen LogP contribution in [0, 0.1) is 0 Å². The molecule has 5 rings (SSSR count). The van der Waals surface area contributed by atoms with E-state index in [4.69, 9.17) is 31.5 Å². The van der Waals surface area contributed by atoms with Gasteiger partial charge in [0.2, 0.25) is 0 Å². The number of hydrogen-bond acceptors (Lipinski definition) is 9. The molecule has 0 radical (unpaired) electrons. The first-order valence-electron chi connectivity index (χ1n) is 15.7. The van der Waals surface area contributed by atoms with Crippen molar-refractivity contribution in [1.82, 2.24) is 19.6 Å². The van der Waals surface area contributed by atoms with E-state index in [2.05, 4.69) is 29.4 Å². The van der Waals surface area contributed by atoms with E-state index in [1.54, 1.807) is 64.2 Å². The van der Waals surface area contributed by atoms with Gasteiger partial charge in [-0.25, -0.2) is 14.4 Å². The monoisotopic (exact) mass is 700 g/mol. The number of rotatable bonds is 8. The largest absolute Gasteiger partial charge is 0.465 e. The second kappa shape index (κ2) is 16.2. The molecule has 5 aromatic rings.